The maximum atomic E-state index is 12.5. The zero-order valence-electron chi connectivity index (χ0n) is 7.94. The van der Waals surface area contributed by atoms with Crippen LogP contribution in [0.4, 0.5) is 22.0 Å². The van der Waals surface area contributed by atoms with E-state index in [1.165, 1.54) is 6.07 Å². The van der Waals surface area contributed by atoms with E-state index in [4.69, 9.17) is 5.26 Å². The fourth-order valence-electron chi connectivity index (χ4n) is 1.24. The topological polar surface area (TPSA) is 36.7 Å². The summed E-state index contributed by atoms with van der Waals surface area (Å²) >= 11 is 0. The van der Waals surface area contributed by atoms with Gasteiger partial charge in [-0.2, -0.15) is 18.4 Å². The predicted molar refractivity (Wildman–Crippen MR) is 43.6 cm³/mol. The molecule has 0 bridgehead atoms. The number of hydrogen-bond donors (Lipinski definition) is 0. The third-order valence-corrected chi connectivity index (χ3v) is 2.00. The molecular formula is C9H5F5N2. The average Bonchev–Trinajstić information content (AvgIpc) is 2.15. The summed E-state index contributed by atoms with van der Waals surface area (Å²) in [5.41, 5.74) is -3.55. The van der Waals surface area contributed by atoms with Gasteiger partial charge in [-0.15, -0.1) is 0 Å². The van der Waals surface area contributed by atoms with Crippen molar-refractivity contribution < 1.29 is 22.0 Å². The number of hydrogen-bond acceptors (Lipinski definition) is 2. The van der Waals surface area contributed by atoms with Gasteiger partial charge in [0, 0.05) is 11.8 Å². The average molecular weight is 236 g/mol. The summed E-state index contributed by atoms with van der Waals surface area (Å²) in [4.78, 5) is 3.19. The molecule has 7 heteroatoms. The molecule has 1 aromatic rings. The second-order valence-electron chi connectivity index (χ2n) is 2.97. The minimum absolute atomic E-state index is 0.257. The maximum Gasteiger partial charge on any atom is 0.418 e. The molecule has 0 atom stereocenters. The number of rotatable bonds is 1. The minimum atomic E-state index is -4.91. The Kier molecular flexibility index (Phi) is 3.12. The molecule has 0 aromatic carbocycles. The molecular weight excluding hydrogens is 231 g/mol. The predicted octanol–water partition coefficient (Wildman–Crippen LogP) is 3.22. The summed E-state index contributed by atoms with van der Waals surface area (Å²) in [7, 11) is 0. The molecule has 0 spiro atoms. The van der Waals surface area contributed by atoms with Gasteiger partial charge in [0.25, 0.3) is 6.43 Å². The first-order valence-corrected chi connectivity index (χ1v) is 4.04. The Morgan fingerprint density at radius 2 is 1.94 bits per heavy atom. The highest BCUT2D eigenvalue weighted by Gasteiger charge is 2.37. The van der Waals surface area contributed by atoms with Crippen molar-refractivity contribution in [3.05, 3.63) is 28.6 Å². The number of aromatic nitrogens is 1. The molecule has 0 amide bonds. The van der Waals surface area contributed by atoms with Crippen LogP contribution in [0.15, 0.2) is 6.20 Å². The van der Waals surface area contributed by atoms with Gasteiger partial charge >= 0.3 is 6.18 Å². The Balaban J connectivity index is 3.55. The summed E-state index contributed by atoms with van der Waals surface area (Å²) in [6.07, 6.45) is -7.95. The fourth-order valence-corrected chi connectivity index (χ4v) is 1.24. The van der Waals surface area contributed by atoms with Crippen LogP contribution in [0.3, 0.4) is 0 Å². The molecule has 2 nitrogen and oxygen atoms in total. The summed E-state index contributed by atoms with van der Waals surface area (Å²) in [6.45, 7) is 1.02. The van der Waals surface area contributed by atoms with E-state index in [0.717, 1.165) is 6.92 Å². The van der Waals surface area contributed by atoms with Gasteiger partial charge in [-0.1, -0.05) is 0 Å². The van der Waals surface area contributed by atoms with E-state index in [-0.39, 0.29) is 6.20 Å². The summed E-state index contributed by atoms with van der Waals surface area (Å²) in [5.74, 6) is 0. The molecule has 0 radical (unpaired) electrons. The molecule has 0 saturated carbocycles. The highest BCUT2D eigenvalue weighted by atomic mass is 19.4. The van der Waals surface area contributed by atoms with Gasteiger partial charge in [-0.3, -0.25) is 0 Å². The Morgan fingerprint density at radius 1 is 1.38 bits per heavy atom. The first-order chi connectivity index (χ1) is 7.29. The lowest BCUT2D eigenvalue weighted by Gasteiger charge is -2.14. The van der Waals surface area contributed by atoms with Gasteiger partial charge in [0.05, 0.1) is 5.56 Å². The molecule has 0 aliphatic rings. The first kappa shape index (κ1) is 12.4. The van der Waals surface area contributed by atoms with Crippen molar-refractivity contribution in [1.29, 1.82) is 5.26 Å². The lowest BCUT2D eigenvalue weighted by molar-refractivity contribution is -0.139. The third kappa shape index (κ3) is 2.10. The fraction of sp³-hybridized carbons (Fsp3) is 0.333. The Hall–Kier alpha value is -1.71. The van der Waals surface area contributed by atoms with Crippen LogP contribution in [-0.4, -0.2) is 4.98 Å². The molecule has 1 heterocycles. The van der Waals surface area contributed by atoms with Gasteiger partial charge in [0.1, 0.15) is 11.8 Å². The summed E-state index contributed by atoms with van der Waals surface area (Å²) in [5, 5.41) is 8.48. The Labute approximate surface area is 87.3 Å². The van der Waals surface area contributed by atoms with Gasteiger partial charge < -0.3 is 0 Å². The van der Waals surface area contributed by atoms with Crippen molar-refractivity contribution in [2.24, 2.45) is 0 Å². The van der Waals surface area contributed by atoms with E-state index in [2.05, 4.69) is 4.98 Å². The Morgan fingerprint density at radius 3 is 2.31 bits per heavy atom. The molecule has 0 fully saturated rings. The molecule has 0 unspecified atom stereocenters. The molecule has 16 heavy (non-hydrogen) atoms. The van der Waals surface area contributed by atoms with Crippen molar-refractivity contribution in [1.82, 2.24) is 4.98 Å². The van der Waals surface area contributed by atoms with Gasteiger partial charge in [-0.25, -0.2) is 13.8 Å². The molecule has 0 saturated heterocycles. The van der Waals surface area contributed by atoms with Crippen LogP contribution in [0.1, 0.15) is 28.8 Å². The van der Waals surface area contributed by atoms with Crippen LogP contribution in [0.25, 0.3) is 0 Å². The standard InChI is InChI=1S/C9H5F5N2/c1-4-6(2-15)16-3-5(9(12,13)14)7(4)8(10)11/h3,8H,1H3. The van der Waals surface area contributed by atoms with Crippen LogP contribution in [0.2, 0.25) is 0 Å². The van der Waals surface area contributed by atoms with Gasteiger partial charge in [-0.05, 0) is 12.5 Å². The zero-order valence-corrected chi connectivity index (χ0v) is 7.94. The molecule has 1 aromatic heterocycles. The van der Waals surface area contributed by atoms with Crippen molar-refractivity contribution in [2.45, 2.75) is 19.5 Å². The largest absolute Gasteiger partial charge is 0.418 e. The highest BCUT2D eigenvalue weighted by Crippen LogP contribution is 2.37. The van der Waals surface area contributed by atoms with Crippen LogP contribution in [-0.2, 0) is 6.18 Å². The van der Waals surface area contributed by atoms with Gasteiger partial charge in [0.2, 0.25) is 0 Å². The molecule has 0 aliphatic heterocycles. The summed E-state index contributed by atoms with van der Waals surface area (Å²) in [6, 6.07) is 1.46. The number of pyridine rings is 1. The summed E-state index contributed by atoms with van der Waals surface area (Å²) < 4.78 is 62.1. The quantitative estimate of drug-likeness (QED) is 0.702. The number of nitriles is 1. The van der Waals surface area contributed by atoms with Crippen LogP contribution in [0.5, 0.6) is 0 Å². The molecule has 86 valence electrons. The van der Waals surface area contributed by atoms with Crippen LogP contribution >= 0.6 is 0 Å². The second-order valence-corrected chi connectivity index (χ2v) is 2.97. The third-order valence-electron chi connectivity index (χ3n) is 2.00. The van der Waals surface area contributed by atoms with Gasteiger partial charge in [0.15, 0.2) is 0 Å². The van der Waals surface area contributed by atoms with E-state index in [1.807, 2.05) is 0 Å². The molecule has 1 rings (SSSR count). The SMILES string of the molecule is Cc1c(C#N)ncc(C(F)(F)F)c1C(F)F. The smallest absolute Gasteiger partial charge is 0.245 e. The van der Waals surface area contributed by atoms with Crippen molar-refractivity contribution in [2.75, 3.05) is 0 Å². The minimum Gasteiger partial charge on any atom is -0.245 e. The first-order valence-electron chi connectivity index (χ1n) is 4.04. The lowest BCUT2D eigenvalue weighted by Crippen LogP contribution is -2.13. The van der Waals surface area contributed by atoms with E-state index >= 15 is 0 Å². The highest BCUT2D eigenvalue weighted by molar-refractivity contribution is 5.42. The second kappa shape index (κ2) is 4.04. The Bertz CT molecular complexity index is 444. The molecule has 0 N–H and O–H groups in total. The number of nitrogens with zero attached hydrogens (tertiary/aromatic N) is 2. The maximum absolute atomic E-state index is 12.5. The lowest BCUT2D eigenvalue weighted by atomic mass is 10.0. The number of alkyl halides is 5. The van der Waals surface area contributed by atoms with Crippen molar-refractivity contribution >= 4 is 0 Å². The normalized spacial score (nSPS) is 11.6. The van der Waals surface area contributed by atoms with E-state index < -0.39 is 35.0 Å². The zero-order chi connectivity index (χ0) is 12.5. The monoisotopic (exact) mass is 236 g/mol. The van der Waals surface area contributed by atoms with E-state index in [0.29, 0.717) is 0 Å². The van der Waals surface area contributed by atoms with E-state index in [9.17, 15) is 22.0 Å². The van der Waals surface area contributed by atoms with Crippen LogP contribution < -0.4 is 0 Å². The number of halogens is 5. The molecule has 0 aliphatic carbocycles. The van der Waals surface area contributed by atoms with Crippen molar-refractivity contribution in [3.8, 4) is 6.07 Å². The van der Waals surface area contributed by atoms with E-state index in [1.54, 1.807) is 0 Å². The van der Waals surface area contributed by atoms with Crippen molar-refractivity contribution in [3.63, 3.8) is 0 Å². The van der Waals surface area contributed by atoms with Crippen LogP contribution in [0, 0.1) is 18.3 Å².